The van der Waals surface area contributed by atoms with Crippen LogP contribution in [0.25, 0.3) is 0 Å². The van der Waals surface area contributed by atoms with Crippen LogP contribution in [0.4, 0.5) is 5.69 Å². The highest BCUT2D eigenvalue weighted by molar-refractivity contribution is 5.94. The predicted octanol–water partition coefficient (Wildman–Crippen LogP) is 1.99. The van der Waals surface area contributed by atoms with Crippen molar-refractivity contribution in [1.82, 2.24) is 4.90 Å². The molecule has 1 atom stereocenters. The van der Waals surface area contributed by atoms with Gasteiger partial charge in [-0.25, -0.2) is 4.79 Å². The number of ether oxygens (including phenoxy) is 2. The molecule has 0 unspecified atom stereocenters. The van der Waals surface area contributed by atoms with E-state index in [1.54, 1.807) is 12.1 Å². The van der Waals surface area contributed by atoms with Crippen LogP contribution in [-0.2, 0) is 16.0 Å². The van der Waals surface area contributed by atoms with Crippen LogP contribution in [0.15, 0.2) is 18.2 Å². The maximum atomic E-state index is 11.7. The van der Waals surface area contributed by atoms with E-state index >= 15 is 0 Å². The van der Waals surface area contributed by atoms with Crippen molar-refractivity contribution in [3.05, 3.63) is 39.4 Å². The Hall–Kier alpha value is -1.99. The molecule has 22 heavy (non-hydrogen) atoms. The molecule has 120 valence electrons. The van der Waals surface area contributed by atoms with Crippen molar-refractivity contribution in [3.8, 4) is 0 Å². The Balaban J connectivity index is 2.18. The molecular weight excluding hydrogens is 288 g/mol. The molecule has 1 aliphatic rings. The highest BCUT2D eigenvalue weighted by Gasteiger charge is 2.23. The quantitative estimate of drug-likeness (QED) is 0.470. The second-order valence-corrected chi connectivity index (χ2v) is 5.24. The van der Waals surface area contributed by atoms with Crippen LogP contribution in [0.1, 0.15) is 29.3 Å². The maximum absolute atomic E-state index is 11.7. The lowest BCUT2D eigenvalue weighted by atomic mass is 10.1. The number of methoxy groups -OCH3 is 1. The number of rotatable bonds is 5. The van der Waals surface area contributed by atoms with Crippen LogP contribution in [-0.4, -0.2) is 48.7 Å². The topological polar surface area (TPSA) is 81.9 Å². The van der Waals surface area contributed by atoms with E-state index in [1.807, 2.05) is 0 Å². The van der Waals surface area contributed by atoms with E-state index in [1.165, 1.54) is 13.2 Å². The molecule has 7 heteroatoms. The largest absolute Gasteiger partial charge is 0.465 e. The zero-order chi connectivity index (χ0) is 16.1. The highest BCUT2D eigenvalue weighted by atomic mass is 16.6. The number of hydrogen-bond donors (Lipinski definition) is 0. The number of nitrogens with zero attached hydrogens (tertiary/aromatic N) is 2. The number of esters is 1. The Kier molecular flexibility index (Phi) is 5.46. The van der Waals surface area contributed by atoms with Crippen LogP contribution in [0.2, 0.25) is 0 Å². The molecular formula is C15H20N2O5. The van der Waals surface area contributed by atoms with Crippen molar-refractivity contribution in [2.24, 2.45) is 0 Å². The molecule has 1 aliphatic heterocycles. The van der Waals surface area contributed by atoms with Crippen molar-refractivity contribution in [2.45, 2.75) is 26.0 Å². The first-order valence-corrected chi connectivity index (χ1v) is 7.24. The first kappa shape index (κ1) is 16.4. The summed E-state index contributed by atoms with van der Waals surface area (Å²) < 4.78 is 10.2. The monoisotopic (exact) mass is 308 g/mol. The minimum atomic E-state index is -0.693. The van der Waals surface area contributed by atoms with Crippen molar-refractivity contribution in [1.29, 1.82) is 0 Å². The fourth-order valence-electron chi connectivity index (χ4n) is 2.54. The third-order valence-corrected chi connectivity index (χ3v) is 3.75. The second-order valence-electron chi connectivity index (χ2n) is 5.24. The van der Waals surface area contributed by atoms with Gasteiger partial charge in [-0.15, -0.1) is 0 Å². The molecule has 0 radical (unpaired) electrons. The number of morpholine rings is 1. The van der Waals surface area contributed by atoms with Gasteiger partial charge in [-0.3, -0.25) is 15.0 Å². The molecule has 1 fully saturated rings. The summed E-state index contributed by atoms with van der Waals surface area (Å²) in [7, 11) is 1.21. The van der Waals surface area contributed by atoms with Gasteiger partial charge in [-0.2, -0.15) is 0 Å². The lowest BCUT2D eigenvalue weighted by molar-refractivity contribution is -0.385. The molecule has 0 spiro atoms. The number of carbonyl (C=O) groups is 1. The Morgan fingerprint density at radius 2 is 2.32 bits per heavy atom. The van der Waals surface area contributed by atoms with E-state index < -0.39 is 10.9 Å². The van der Waals surface area contributed by atoms with Gasteiger partial charge in [0.15, 0.2) is 0 Å². The van der Waals surface area contributed by atoms with Crippen LogP contribution < -0.4 is 0 Å². The van der Waals surface area contributed by atoms with Crippen molar-refractivity contribution in [3.63, 3.8) is 0 Å². The van der Waals surface area contributed by atoms with Crippen LogP contribution in [0, 0.1) is 10.1 Å². The summed E-state index contributed by atoms with van der Waals surface area (Å²) in [5.41, 5.74) is 0.608. The molecule has 7 nitrogen and oxygen atoms in total. The molecule has 0 aromatic heterocycles. The lowest BCUT2D eigenvalue weighted by Gasteiger charge is -2.32. The number of hydrogen-bond acceptors (Lipinski definition) is 6. The molecule has 0 N–H and O–H groups in total. The van der Waals surface area contributed by atoms with Gasteiger partial charge in [-0.1, -0.05) is 13.0 Å². The summed E-state index contributed by atoms with van der Waals surface area (Å²) in [5, 5.41) is 11.0. The van der Waals surface area contributed by atoms with Crippen LogP contribution in [0.5, 0.6) is 0 Å². The van der Waals surface area contributed by atoms with Gasteiger partial charge in [0, 0.05) is 25.7 Å². The maximum Gasteiger partial charge on any atom is 0.344 e. The number of carbonyl (C=O) groups excluding carboxylic acids is 1. The molecule has 0 saturated carbocycles. The van der Waals surface area contributed by atoms with E-state index in [4.69, 9.17) is 4.74 Å². The van der Waals surface area contributed by atoms with Gasteiger partial charge < -0.3 is 9.47 Å². The third kappa shape index (κ3) is 3.80. The summed E-state index contributed by atoms with van der Waals surface area (Å²) >= 11 is 0. The molecule has 1 heterocycles. The summed E-state index contributed by atoms with van der Waals surface area (Å²) in [5.74, 6) is -0.693. The first-order valence-electron chi connectivity index (χ1n) is 7.24. The molecule has 1 aromatic carbocycles. The van der Waals surface area contributed by atoms with Crippen LogP contribution in [0.3, 0.4) is 0 Å². The average Bonchev–Trinajstić information content (AvgIpc) is 2.54. The normalized spacial score (nSPS) is 18.9. The zero-order valence-electron chi connectivity index (χ0n) is 12.8. The Morgan fingerprint density at radius 3 is 2.95 bits per heavy atom. The van der Waals surface area contributed by atoms with Crippen LogP contribution >= 0.6 is 0 Å². The summed E-state index contributed by atoms with van der Waals surface area (Å²) in [4.78, 5) is 24.4. The number of nitro benzene ring substituents is 1. The van der Waals surface area contributed by atoms with Crippen molar-refractivity contribution < 1.29 is 19.2 Å². The fourth-order valence-corrected chi connectivity index (χ4v) is 2.54. The minimum Gasteiger partial charge on any atom is -0.465 e. The van der Waals surface area contributed by atoms with Crippen molar-refractivity contribution in [2.75, 3.05) is 26.8 Å². The average molecular weight is 308 g/mol. The van der Waals surface area contributed by atoms with Gasteiger partial charge >= 0.3 is 5.97 Å². The fraction of sp³-hybridized carbons (Fsp3) is 0.533. The van der Waals surface area contributed by atoms with Gasteiger partial charge in [0.2, 0.25) is 0 Å². The van der Waals surface area contributed by atoms with E-state index in [2.05, 4.69) is 16.6 Å². The minimum absolute atomic E-state index is 0.00898. The standard InChI is InChI=1S/C15H20N2O5/c1-3-12-10-16(6-7-22-12)9-11-4-5-14(17(19)20)13(8-11)15(18)21-2/h4-5,8,12H,3,6-7,9-10H2,1-2H3/t12-/m1/s1. The van der Waals surface area contributed by atoms with E-state index in [9.17, 15) is 14.9 Å². The Bertz CT molecular complexity index is 561. The van der Waals surface area contributed by atoms with E-state index in [0.29, 0.717) is 13.2 Å². The Labute approximate surface area is 129 Å². The second kappa shape index (κ2) is 7.33. The molecule has 0 aliphatic carbocycles. The first-order chi connectivity index (χ1) is 10.5. The Morgan fingerprint density at radius 1 is 1.55 bits per heavy atom. The van der Waals surface area contributed by atoms with E-state index in [-0.39, 0.29) is 17.4 Å². The molecule has 1 aromatic rings. The predicted molar refractivity (Wildman–Crippen MR) is 79.7 cm³/mol. The highest BCUT2D eigenvalue weighted by Crippen LogP contribution is 2.22. The molecule has 0 amide bonds. The van der Waals surface area contributed by atoms with Crippen molar-refractivity contribution >= 4 is 11.7 Å². The van der Waals surface area contributed by atoms with E-state index in [0.717, 1.165) is 25.1 Å². The zero-order valence-corrected chi connectivity index (χ0v) is 12.8. The van der Waals surface area contributed by atoms with Gasteiger partial charge in [0.25, 0.3) is 5.69 Å². The van der Waals surface area contributed by atoms with Gasteiger partial charge in [-0.05, 0) is 18.1 Å². The van der Waals surface area contributed by atoms with Gasteiger partial charge in [0.05, 0.1) is 24.7 Å². The SMILES string of the molecule is CC[C@@H]1CN(Cc2ccc([N+](=O)[O-])c(C(=O)OC)c2)CCO1. The lowest BCUT2D eigenvalue weighted by Crippen LogP contribution is -2.41. The summed E-state index contributed by atoms with van der Waals surface area (Å²) in [6, 6.07) is 4.58. The molecule has 1 saturated heterocycles. The number of benzene rings is 1. The summed E-state index contributed by atoms with van der Waals surface area (Å²) in [6.07, 6.45) is 1.16. The smallest absolute Gasteiger partial charge is 0.344 e. The molecule has 0 bridgehead atoms. The molecule has 2 rings (SSSR count). The van der Waals surface area contributed by atoms with Gasteiger partial charge in [0.1, 0.15) is 5.56 Å². The summed E-state index contributed by atoms with van der Waals surface area (Å²) in [6.45, 7) is 5.01. The third-order valence-electron chi connectivity index (χ3n) is 3.75. The number of nitro groups is 1.